The molecule has 0 N–H and O–H groups in total. The van der Waals surface area contributed by atoms with Gasteiger partial charge >= 0.3 is 5.97 Å². The van der Waals surface area contributed by atoms with Crippen molar-refractivity contribution in [3.63, 3.8) is 0 Å². The van der Waals surface area contributed by atoms with Gasteiger partial charge in [0, 0.05) is 0 Å². The van der Waals surface area contributed by atoms with Gasteiger partial charge in [-0.1, -0.05) is 24.3 Å². The van der Waals surface area contributed by atoms with Gasteiger partial charge in [-0.15, -0.1) is 6.58 Å². The molecule has 0 bridgehead atoms. The third-order valence-electron chi connectivity index (χ3n) is 3.86. The predicted octanol–water partition coefficient (Wildman–Crippen LogP) is 4.37. The van der Waals surface area contributed by atoms with Crippen molar-refractivity contribution in [2.45, 2.75) is 44.6 Å². The molecule has 0 aliphatic heterocycles. The summed E-state index contributed by atoms with van der Waals surface area (Å²) in [7, 11) is 0. The monoisotopic (exact) mass is 258 g/mol. The first-order valence-electron chi connectivity index (χ1n) is 7.16. The van der Waals surface area contributed by atoms with Crippen LogP contribution in [-0.4, -0.2) is 12.1 Å². The van der Waals surface area contributed by atoms with E-state index in [-0.39, 0.29) is 12.1 Å². The second-order valence-electron chi connectivity index (χ2n) is 5.28. The van der Waals surface area contributed by atoms with Crippen LogP contribution in [-0.2, 0) is 4.74 Å². The minimum Gasteiger partial charge on any atom is -0.459 e. The molecule has 19 heavy (non-hydrogen) atoms. The quantitative estimate of drug-likeness (QED) is 0.579. The largest absolute Gasteiger partial charge is 0.459 e. The Morgan fingerprint density at radius 1 is 1.21 bits per heavy atom. The number of hydrogen-bond acceptors (Lipinski definition) is 2. The van der Waals surface area contributed by atoms with Gasteiger partial charge in [0.25, 0.3) is 0 Å². The van der Waals surface area contributed by atoms with E-state index in [1.54, 1.807) is 12.1 Å². The van der Waals surface area contributed by atoms with Crippen LogP contribution >= 0.6 is 0 Å². The molecule has 0 heterocycles. The van der Waals surface area contributed by atoms with E-state index < -0.39 is 0 Å². The van der Waals surface area contributed by atoms with E-state index >= 15 is 0 Å². The first-order chi connectivity index (χ1) is 9.29. The molecule has 1 fully saturated rings. The lowest BCUT2D eigenvalue weighted by Gasteiger charge is -2.28. The van der Waals surface area contributed by atoms with E-state index in [4.69, 9.17) is 4.74 Å². The molecule has 102 valence electrons. The molecule has 2 nitrogen and oxygen atoms in total. The van der Waals surface area contributed by atoms with Crippen LogP contribution in [0.5, 0.6) is 0 Å². The van der Waals surface area contributed by atoms with E-state index in [2.05, 4.69) is 6.58 Å². The van der Waals surface area contributed by atoms with Crippen LogP contribution in [0.2, 0.25) is 0 Å². The Bertz CT molecular complexity index is 403. The summed E-state index contributed by atoms with van der Waals surface area (Å²) in [6.07, 6.45) is 8.75. The third-order valence-corrected chi connectivity index (χ3v) is 3.86. The summed E-state index contributed by atoms with van der Waals surface area (Å²) >= 11 is 0. The number of carbonyl (C=O) groups is 1. The summed E-state index contributed by atoms with van der Waals surface area (Å²) in [5, 5.41) is 0. The smallest absolute Gasteiger partial charge is 0.338 e. The van der Waals surface area contributed by atoms with Gasteiger partial charge in [-0.3, -0.25) is 0 Å². The molecule has 0 amide bonds. The first kappa shape index (κ1) is 13.9. The van der Waals surface area contributed by atoms with Gasteiger partial charge in [0.15, 0.2) is 0 Å². The molecule has 1 saturated carbocycles. The highest BCUT2D eigenvalue weighted by Gasteiger charge is 2.23. The van der Waals surface area contributed by atoms with Gasteiger partial charge in [-0.2, -0.15) is 0 Å². The van der Waals surface area contributed by atoms with Crippen molar-refractivity contribution in [2.75, 3.05) is 0 Å². The Morgan fingerprint density at radius 2 is 1.89 bits per heavy atom. The van der Waals surface area contributed by atoms with Gasteiger partial charge in [0.1, 0.15) is 6.10 Å². The molecular formula is C17H22O2. The molecular weight excluding hydrogens is 236 g/mol. The van der Waals surface area contributed by atoms with E-state index in [1.807, 2.05) is 24.3 Å². The van der Waals surface area contributed by atoms with E-state index in [0.717, 1.165) is 25.2 Å². The van der Waals surface area contributed by atoms with Gasteiger partial charge in [-0.05, 0) is 56.6 Å². The third kappa shape index (κ3) is 4.23. The van der Waals surface area contributed by atoms with Crippen LogP contribution in [0.15, 0.2) is 43.0 Å². The second-order valence-corrected chi connectivity index (χ2v) is 5.28. The normalized spacial score (nSPS) is 22.7. The number of hydrogen-bond donors (Lipinski definition) is 0. The Hall–Kier alpha value is -1.57. The van der Waals surface area contributed by atoms with Crippen LogP contribution in [0.25, 0.3) is 0 Å². The van der Waals surface area contributed by atoms with Crippen molar-refractivity contribution in [3.05, 3.63) is 48.6 Å². The zero-order chi connectivity index (χ0) is 13.5. The minimum atomic E-state index is -0.185. The number of rotatable bonds is 5. The zero-order valence-electron chi connectivity index (χ0n) is 11.4. The number of benzene rings is 1. The van der Waals surface area contributed by atoms with Crippen molar-refractivity contribution in [3.8, 4) is 0 Å². The molecule has 0 unspecified atom stereocenters. The summed E-state index contributed by atoms with van der Waals surface area (Å²) in [6.45, 7) is 3.76. The molecule has 1 aliphatic carbocycles. The molecule has 1 aromatic carbocycles. The standard InChI is InChI=1S/C17H22O2/c1-2-3-7-14-10-12-16(13-11-14)19-17(18)15-8-5-4-6-9-15/h2,4-6,8-9,14,16H,1,3,7,10-13H2. The SMILES string of the molecule is C=CCCC1CCC(OC(=O)c2ccccc2)CC1. The Morgan fingerprint density at radius 3 is 2.53 bits per heavy atom. The summed E-state index contributed by atoms with van der Waals surface area (Å²) in [5.74, 6) is 0.597. The van der Waals surface area contributed by atoms with Crippen LogP contribution < -0.4 is 0 Å². The fraction of sp³-hybridized carbons (Fsp3) is 0.471. The maximum atomic E-state index is 11.9. The lowest BCUT2D eigenvalue weighted by atomic mass is 9.84. The maximum Gasteiger partial charge on any atom is 0.338 e. The molecule has 0 saturated heterocycles. The van der Waals surface area contributed by atoms with Crippen molar-refractivity contribution < 1.29 is 9.53 Å². The summed E-state index contributed by atoms with van der Waals surface area (Å²) in [4.78, 5) is 11.9. The highest BCUT2D eigenvalue weighted by atomic mass is 16.5. The molecule has 2 rings (SSSR count). The molecule has 1 aliphatic rings. The van der Waals surface area contributed by atoms with E-state index in [1.165, 1.54) is 19.3 Å². The minimum absolute atomic E-state index is 0.104. The summed E-state index contributed by atoms with van der Waals surface area (Å²) in [5.41, 5.74) is 0.649. The highest BCUT2D eigenvalue weighted by molar-refractivity contribution is 5.89. The van der Waals surface area contributed by atoms with Crippen molar-refractivity contribution in [1.82, 2.24) is 0 Å². The van der Waals surface area contributed by atoms with Gasteiger partial charge in [-0.25, -0.2) is 4.79 Å². The Kier molecular flexibility index (Phi) is 5.20. The van der Waals surface area contributed by atoms with E-state index in [9.17, 15) is 4.79 Å². The zero-order valence-corrected chi connectivity index (χ0v) is 11.4. The molecule has 0 spiro atoms. The van der Waals surface area contributed by atoms with Gasteiger partial charge in [0.05, 0.1) is 5.56 Å². The first-order valence-corrected chi connectivity index (χ1v) is 7.16. The van der Waals surface area contributed by atoms with Crippen LogP contribution in [0, 0.1) is 5.92 Å². The molecule has 0 radical (unpaired) electrons. The molecule has 0 aromatic heterocycles. The second kappa shape index (κ2) is 7.13. The highest BCUT2D eigenvalue weighted by Crippen LogP contribution is 2.29. The summed E-state index contributed by atoms with van der Waals surface area (Å²) in [6, 6.07) is 9.24. The molecule has 1 aromatic rings. The Labute approximate surface area is 115 Å². The van der Waals surface area contributed by atoms with Gasteiger partial charge < -0.3 is 4.74 Å². The summed E-state index contributed by atoms with van der Waals surface area (Å²) < 4.78 is 5.57. The van der Waals surface area contributed by atoms with E-state index in [0.29, 0.717) is 5.56 Å². The molecule has 0 atom stereocenters. The van der Waals surface area contributed by atoms with Crippen molar-refractivity contribution >= 4 is 5.97 Å². The van der Waals surface area contributed by atoms with Gasteiger partial charge in [0.2, 0.25) is 0 Å². The number of allylic oxidation sites excluding steroid dienone is 1. The molecule has 2 heteroatoms. The van der Waals surface area contributed by atoms with Crippen molar-refractivity contribution in [1.29, 1.82) is 0 Å². The number of carbonyl (C=O) groups excluding carboxylic acids is 1. The van der Waals surface area contributed by atoms with Crippen LogP contribution in [0.3, 0.4) is 0 Å². The Balaban J connectivity index is 1.76. The average molecular weight is 258 g/mol. The number of esters is 1. The predicted molar refractivity (Wildman–Crippen MR) is 77.0 cm³/mol. The van der Waals surface area contributed by atoms with Crippen molar-refractivity contribution in [2.24, 2.45) is 5.92 Å². The number of ether oxygens (including phenoxy) is 1. The lowest BCUT2D eigenvalue weighted by Crippen LogP contribution is -2.24. The lowest BCUT2D eigenvalue weighted by molar-refractivity contribution is 0.0162. The van der Waals surface area contributed by atoms with Crippen LogP contribution in [0.4, 0.5) is 0 Å². The fourth-order valence-electron chi connectivity index (χ4n) is 2.69. The average Bonchev–Trinajstić information content (AvgIpc) is 2.47. The maximum absolute atomic E-state index is 11.9. The fourth-order valence-corrected chi connectivity index (χ4v) is 2.69. The topological polar surface area (TPSA) is 26.3 Å². The van der Waals surface area contributed by atoms with Crippen LogP contribution in [0.1, 0.15) is 48.9 Å².